The van der Waals surface area contributed by atoms with Crippen LogP contribution in [-0.4, -0.2) is 17.7 Å². The number of fused-ring (bicyclic) bond motifs is 1. The first-order chi connectivity index (χ1) is 8.65. The van der Waals surface area contributed by atoms with E-state index in [1.165, 1.54) is 0 Å². The third-order valence-electron chi connectivity index (χ3n) is 2.96. The molecule has 0 bridgehead atoms. The Bertz CT molecular complexity index is 613. The van der Waals surface area contributed by atoms with Crippen molar-refractivity contribution in [2.75, 3.05) is 6.61 Å². The highest BCUT2D eigenvalue weighted by molar-refractivity contribution is 9.10. The Hall–Kier alpha value is -1.49. The molecular formula is C13H11BrO4. The second-order valence-electron chi connectivity index (χ2n) is 4.46. The van der Waals surface area contributed by atoms with E-state index in [2.05, 4.69) is 15.9 Å². The summed E-state index contributed by atoms with van der Waals surface area (Å²) < 4.78 is 11.8. The molecule has 0 aliphatic heterocycles. The molecule has 1 aromatic heterocycles. The summed E-state index contributed by atoms with van der Waals surface area (Å²) in [6, 6.07) is 5.35. The zero-order valence-electron chi connectivity index (χ0n) is 9.48. The Labute approximate surface area is 112 Å². The van der Waals surface area contributed by atoms with Gasteiger partial charge in [0.05, 0.1) is 12.0 Å². The van der Waals surface area contributed by atoms with Crippen LogP contribution in [0.25, 0.3) is 11.0 Å². The van der Waals surface area contributed by atoms with Crippen molar-refractivity contribution in [1.29, 1.82) is 0 Å². The summed E-state index contributed by atoms with van der Waals surface area (Å²) in [7, 11) is 0. The smallest absolute Gasteiger partial charge is 0.375 e. The number of aromatic carboxylic acids is 1. The van der Waals surface area contributed by atoms with Crippen LogP contribution in [0.4, 0.5) is 0 Å². The molecule has 0 amide bonds. The van der Waals surface area contributed by atoms with E-state index in [-0.39, 0.29) is 5.76 Å². The highest BCUT2D eigenvalue weighted by Crippen LogP contribution is 2.37. The molecule has 1 heterocycles. The summed E-state index contributed by atoms with van der Waals surface area (Å²) in [5.74, 6) is -0.327. The maximum Gasteiger partial charge on any atom is 0.375 e. The highest BCUT2D eigenvalue weighted by Gasteiger charge is 2.26. The summed E-state index contributed by atoms with van der Waals surface area (Å²) in [6.07, 6.45) is 2.31. The number of furan rings is 1. The second kappa shape index (κ2) is 4.31. The fourth-order valence-corrected chi connectivity index (χ4v) is 2.18. The molecule has 0 radical (unpaired) electrons. The van der Waals surface area contributed by atoms with Gasteiger partial charge in [-0.25, -0.2) is 4.79 Å². The SMILES string of the molecule is O=C(O)c1oc2ccc(Br)cc2c1OCC1CC1. The number of halogens is 1. The number of carbonyl (C=O) groups is 1. The average molecular weight is 311 g/mol. The minimum Gasteiger partial charge on any atom is -0.488 e. The summed E-state index contributed by atoms with van der Waals surface area (Å²) in [5.41, 5.74) is 0.529. The van der Waals surface area contributed by atoms with E-state index < -0.39 is 5.97 Å². The lowest BCUT2D eigenvalue weighted by molar-refractivity contribution is 0.0658. The third kappa shape index (κ3) is 2.10. The van der Waals surface area contributed by atoms with E-state index in [0.717, 1.165) is 17.3 Å². The van der Waals surface area contributed by atoms with Gasteiger partial charge in [-0.1, -0.05) is 15.9 Å². The Morgan fingerprint density at radius 2 is 2.28 bits per heavy atom. The third-order valence-corrected chi connectivity index (χ3v) is 3.45. The van der Waals surface area contributed by atoms with Gasteiger partial charge in [-0.3, -0.25) is 0 Å². The second-order valence-corrected chi connectivity index (χ2v) is 5.38. The summed E-state index contributed by atoms with van der Waals surface area (Å²) in [4.78, 5) is 11.2. The summed E-state index contributed by atoms with van der Waals surface area (Å²) in [5, 5.41) is 9.83. The molecule has 4 nitrogen and oxygen atoms in total. The number of carboxylic acids is 1. The maximum atomic E-state index is 11.2. The van der Waals surface area contributed by atoms with Crippen LogP contribution in [-0.2, 0) is 0 Å². The van der Waals surface area contributed by atoms with Gasteiger partial charge in [0, 0.05) is 4.47 Å². The molecule has 0 spiro atoms. The molecule has 3 rings (SSSR count). The van der Waals surface area contributed by atoms with E-state index in [9.17, 15) is 4.79 Å². The molecule has 0 saturated heterocycles. The van der Waals surface area contributed by atoms with E-state index in [4.69, 9.17) is 14.3 Å². The molecule has 2 aromatic rings. The first kappa shape index (κ1) is 11.6. The van der Waals surface area contributed by atoms with E-state index in [0.29, 0.717) is 29.2 Å². The lowest BCUT2D eigenvalue weighted by Crippen LogP contribution is -2.03. The van der Waals surface area contributed by atoms with Crippen molar-refractivity contribution in [1.82, 2.24) is 0 Å². The van der Waals surface area contributed by atoms with Crippen molar-refractivity contribution in [2.45, 2.75) is 12.8 Å². The van der Waals surface area contributed by atoms with E-state index in [1.807, 2.05) is 12.1 Å². The Balaban J connectivity index is 2.06. The minimum absolute atomic E-state index is 0.122. The first-order valence-corrected chi connectivity index (χ1v) is 6.52. The molecule has 1 aliphatic rings. The molecule has 94 valence electrons. The van der Waals surface area contributed by atoms with Gasteiger partial charge in [0.1, 0.15) is 5.58 Å². The number of rotatable bonds is 4. The molecule has 1 aliphatic carbocycles. The zero-order chi connectivity index (χ0) is 12.7. The monoisotopic (exact) mass is 310 g/mol. The lowest BCUT2D eigenvalue weighted by atomic mass is 10.2. The van der Waals surface area contributed by atoms with Crippen molar-refractivity contribution in [3.05, 3.63) is 28.4 Å². The molecule has 5 heteroatoms. The first-order valence-electron chi connectivity index (χ1n) is 5.73. The average Bonchev–Trinajstić information content (AvgIpc) is 3.08. The van der Waals surface area contributed by atoms with E-state index >= 15 is 0 Å². The summed E-state index contributed by atoms with van der Waals surface area (Å²) in [6.45, 7) is 0.557. The van der Waals surface area contributed by atoms with Gasteiger partial charge >= 0.3 is 5.97 Å². The minimum atomic E-state index is -1.10. The van der Waals surface area contributed by atoms with Crippen LogP contribution >= 0.6 is 15.9 Å². The van der Waals surface area contributed by atoms with Crippen LogP contribution < -0.4 is 4.74 Å². The van der Waals surface area contributed by atoms with Gasteiger partial charge in [0.25, 0.3) is 5.76 Å². The fourth-order valence-electron chi connectivity index (χ4n) is 1.82. The van der Waals surface area contributed by atoms with Gasteiger partial charge in [-0.2, -0.15) is 0 Å². The number of hydrogen-bond donors (Lipinski definition) is 1. The molecule has 1 N–H and O–H groups in total. The van der Waals surface area contributed by atoms with Crippen molar-refractivity contribution >= 4 is 32.9 Å². The molecule has 0 unspecified atom stereocenters. The zero-order valence-corrected chi connectivity index (χ0v) is 11.1. The Morgan fingerprint density at radius 1 is 1.50 bits per heavy atom. The number of carboxylic acid groups (broad SMARTS) is 1. The van der Waals surface area contributed by atoms with Crippen molar-refractivity contribution in [2.24, 2.45) is 5.92 Å². The largest absolute Gasteiger partial charge is 0.488 e. The number of benzene rings is 1. The van der Waals surface area contributed by atoms with Crippen LogP contribution in [0, 0.1) is 5.92 Å². The predicted molar refractivity (Wildman–Crippen MR) is 69.1 cm³/mol. The molecule has 1 saturated carbocycles. The molecule has 1 fully saturated rings. The molecular weight excluding hydrogens is 300 g/mol. The fraction of sp³-hybridized carbons (Fsp3) is 0.308. The van der Waals surface area contributed by atoms with Crippen LogP contribution in [0.2, 0.25) is 0 Å². The quantitative estimate of drug-likeness (QED) is 0.935. The number of ether oxygens (including phenoxy) is 1. The highest BCUT2D eigenvalue weighted by atomic mass is 79.9. The van der Waals surface area contributed by atoms with Crippen LogP contribution in [0.3, 0.4) is 0 Å². The normalized spacial score (nSPS) is 14.9. The van der Waals surface area contributed by atoms with Gasteiger partial charge in [-0.05, 0) is 37.0 Å². The van der Waals surface area contributed by atoms with Crippen molar-refractivity contribution in [3.63, 3.8) is 0 Å². The summed E-state index contributed by atoms with van der Waals surface area (Å²) >= 11 is 3.36. The molecule has 1 aromatic carbocycles. The molecule has 0 atom stereocenters. The van der Waals surface area contributed by atoms with Gasteiger partial charge in [0.15, 0.2) is 5.75 Å². The van der Waals surface area contributed by atoms with Crippen LogP contribution in [0.5, 0.6) is 5.75 Å². The van der Waals surface area contributed by atoms with Crippen molar-refractivity contribution in [3.8, 4) is 5.75 Å². The molecule has 18 heavy (non-hydrogen) atoms. The Kier molecular flexibility index (Phi) is 2.78. The topological polar surface area (TPSA) is 59.7 Å². The Morgan fingerprint density at radius 3 is 2.94 bits per heavy atom. The lowest BCUT2D eigenvalue weighted by Gasteiger charge is -2.03. The van der Waals surface area contributed by atoms with E-state index in [1.54, 1.807) is 6.07 Å². The standard InChI is InChI=1S/C13H11BrO4/c14-8-3-4-10-9(5-8)11(12(18-10)13(15)16)17-6-7-1-2-7/h3-5,7H,1-2,6H2,(H,15,16). The van der Waals surface area contributed by atoms with Crippen molar-refractivity contribution < 1.29 is 19.1 Å². The van der Waals surface area contributed by atoms with Gasteiger partial charge in [-0.15, -0.1) is 0 Å². The van der Waals surface area contributed by atoms with Gasteiger partial charge in [0.2, 0.25) is 0 Å². The predicted octanol–water partition coefficient (Wildman–Crippen LogP) is 3.68. The number of hydrogen-bond acceptors (Lipinski definition) is 3. The van der Waals surface area contributed by atoms with Crippen LogP contribution in [0.15, 0.2) is 27.1 Å². The van der Waals surface area contributed by atoms with Crippen LogP contribution in [0.1, 0.15) is 23.4 Å². The van der Waals surface area contributed by atoms with Gasteiger partial charge < -0.3 is 14.3 Å². The maximum absolute atomic E-state index is 11.2.